The van der Waals surface area contributed by atoms with Gasteiger partial charge in [0.1, 0.15) is 16.9 Å². The van der Waals surface area contributed by atoms with Crippen LogP contribution in [0.5, 0.6) is 0 Å². The number of benzene rings is 1. The van der Waals surface area contributed by atoms with E-state index in [0.717, 1.165) is 9.86 Å². The summed E-state index contributed by atoms with van der Waals surface area (Å²) in [4.78, 5) is 18.9. The molecule has 5 nitrogen and oxygen atoms in total. The van der Waals surface area contributed by atoms with Crippen LogP contribution in [0.2, 0.25) is 0 Å². The largest absolute Gasteiger partial charge is 0.449 e. The van der Waals surface area contributed by atoms with Crippen molar-refractivity contribution < 1.29 is 4.42 Å². The third-order valence-electron chi connectivity index (χ3n) is 2.74. The molecular weight excluding hydrogens is 298 g/mol. The maximum absolute atomic E-state index is 11.9. The predicted molar refractivity (Wildman–Crippen MR) is 72.4 cm³/mol. The van der Waals surface area contributed by atoms with E-state index < -0.39 is 0 Å². The summed E-state index contributed by atoms with van der Waals surface area (Å²) in [7, 11) is 0. The summed E-state index contributed by atoms with van der Waals surface area (Å²) < 4.78 is 6.41. The van der Waals surface area contributed by atoms with Gasteiger partial charge in [0.05, 0.1) is 6.04 Å². The molecule has 0 saturated carbocycles. The Morgan fingerprint density at radius 2 is 2.28 bits per heavy atom. The lowest BCUT2D eigenvalue weighted by Crippen LogP contribution is -2.17. The van der Waals surface area contributed by atoms with Gasteiger partial charge in [0.25, 0.3) is 5.56 Å². The molecule has 0 spiro atoms. The molecular formula is C12H10BrN3O2. The summed E-state index contributed by atoms with van der Waals surface area (Å²) in [5.41, 5.74) is 6.84. The molecule has 3 rings (SSSR count). The van der Waals surface area contributed by atoms with Crippen molar-refractivity contribution in [1.29, 1.82) is 0 Å². The minimum absolute atomic E-state index is 0.229. The van der Waals surface area contributed by atoms with Crippen LogP contribution in [0.15, 0.2) is 31.9 Å². The molecule has 0 saturated heterocycles. The number of nitrogens with zero attached hydrogens (tertiary/aromatic N) is 1. The highest BCUT2D eigenvalue weighted by molar-refractivity contribution is 9.10. The molecule has 0 aliphatic rings. The fourth-order valence-corrected chi connectivity index (χ4v) is 2.22. The molecule has 0 unspecified atom stereocenters. The summed E-state index contributed by atoms with van der Waals surface area (Å²) >= 11 is 3.39. The van der Waals surface area contributed by atoms with Gasteiger partial charge in [0.15, 0.2) is 0 Å². The average Bonchev–Trinajstić information content (AvgIpc) is 2.68. The van der Waals surface area contributed by atoms with Gasteiger partial charge >= 0.3 is 0 Å². The van der Waals surface area contributed by atoms with Gasteiger partial charge < -0.3 is 15.1 Å². The van der Waals surface area contributed by atoms with Crippen LogP contribution in [-0.2, 0) is 0 Å². The standard InChI is InChI=1S/C12H10BrN3O2/c1-5(14)11-15-9-7-4-6(13)2-3-8(7)18-10(9)12(17)16-11/h2-5H,14H2,1H3,(H,15,16,17)/t5-/m1/s1. The van der Waals surface area contributed by atoms with E-state index >= 15 is 0 Å². The molecule has 2 aromatic heterocycles. The number of H-pyrrole nitrogens is 1. The van der Waals surface area contributed by atoms with Crippen molar-refractivity contribution in [2.24, 2.45) is 5.73 Å². The Kier molecular flexibility index (Phi) is 2.49. The van der Waals surface area contributed by atoms with Crippen molar-refractivity contribution in [3.8, 4) is 0 Å². The zero-order chi connectivity index (χ0) is 12.9. The fraction of sp³-hybridized carbons (Fsp3) is 0.167. The average molecular weight is 308 g/mol. The van der Waals surface area contributed by atoms with E-state index in [-0.39, 0.29) is 17.2 Å². The Morgan fingerprint density at radius 3 is 3.00 bits per heavy atom. The van der Waals surface area contributed by atoms with Gasteiger partial charge in [0.2, 0.25) is 5.58 Å². The quantitative estimate of drug-likeness (QED) is 0.723. The Bertz CT molecular complexity index is 804. The summed E-state index contributed by atoms with van der Waals surface area (Å²) in [6.45, 7) is 1.77. The molecule has 18 heavy (non-hydrogen) atoms. The van der Waals surface area contributed by atoms with E-state index in [9.17, 15) is 4.79 Å². The number of rotatable bonds is 1. The molecule has 1 aromatic carbocycles. The summed E-state index contributed by atoms with van der Waals surface area (Å²) in [6, 6.07) is 5.19. The second-order valence-electron chi connectivity index (χ2n) is 4.16. The molecule has 92 valence electrons. The normalized spacial score (nSPS) is 13.3. The molecule has 2 heterocycles. The lowest BCUT2D eigenvalue weighted by Gasteiger charge is -2.02. The monoisotopic (exact) mass is 307 g/mol. The minimum Gasteiger partial charge on any atom is -0.449 e. The predicted octanol–water partition coefficient (Wildman–Crippen LogP) is 2.45. The van der Waals surface area contributed by atoms with Gasteiger partial charge in [-0.1, -0.05) is 15.9 Å². The zero-order valence-corrected chi connectivity index (χ0v) is 11.1. The van der Waals surface area contributed by atoms with Crippen molar-refractivity contribution in [3.63, 3.8) is 0 Å². The molecule has 1 atom stereocenters. The molecule has 3 aromatic rings. The lowest BCUT2D eigenvalue weighted by molar-refractivity contribution is 0.655. The highest BCUT2D eigenvalue weighted by atomic mass is 79.9. The third kappa shape index (κ3) is 1.65. The molecule has 0 fully saturated rings. The lowest BCUT2D eigenvalue weighted by atomic mass is 10.2. The van der Waals surface area contributed by atoms with Crippen molar-refractivity contribution in [2.45, 2.75) is 13.0 Å². The second-order valence-corrected chi connectivity index (χ2v) is 5.08. The number of aromatic amines is 1. The summed E-state index contributed by atoms with van der Waals surface area (Å²) in [5, 5.41) is 0.798. The van der Waals surface area contributed by atoms with Crippen LogP contribution < -0.4 is 11.3 Å². The van der Waals surface area contributed by atoms with E-state index in [1.54, 1.807) is 13.0 Å². The molecule has 0 aliphatic carbocycles. The van der Waals surface area contributed by atoms with Gasteiger partial charge in [-0.15, -0.1) is 0 Å². The van der Waals surface area contributed by atoms with Crippen LogP contribution in [0, 0.1) is 0 Å². The Balaban J connectivity index is 2.49. The van der Waals surface area contributed by atoms with Crippen LogP contribution >= 0.6 is 15.9 Å². The van der Waals surface area contributed by atoms with Gasteiger partial charge in [-0.2, -0.15) is 0 Å². The fourth-order valence-electron chi connectivity index (χ4n) is 1.86. The van der Waals surface area contributed by atoms with Crippen molar-refractivity contribution in [3.05, 3.63) is 38.9 Å². The van der Waals surface area contributed by atoms with Crippen LogP contribution in [0.4, 0.5) is 0 Å². The van der Waals surface area contributed by atoms with E-state index in [2.05, 4.69) is 25.9 Å². The number of nitrogens with two attached hydrogens (primary N) is 1. The number of nitrogens with one attached hydrogen (secondary N) is 1. The van der Waals surface area contributed by atoms with Crippen molar-refractivity contribution in [1.82, 2.24) is 9.97 Å². The van der Waals surface area contributed by atoms with Gasteiger partial charge in [-0.05, 0) is 25.1 Å². The van der Waals surface area contributed by atoms with Crippen LogP contribution in [0.3, 0.4) is 0 Å². The topological polar surface area (TPSA) is 84.9 Å². The Morgan fingerprint density at radius 1 is 1.50 bits per heavy atom. The number of aromatic nitrogens is 2. The first-order chi connectivity index (χ1) is 8.56. The number of fused-ring (bicyclic) bond motifs is 3. The molecule has 0 radical (unpaired) electrons. The highest BCUT2D eigenvalue weighted by Crippen LogP contribution is 2.28. The minimum atomic E-state index is -0.334. The molecule has 0 aliphatic heterocycles. The number of hydrogen-bond donors (Lipinski definition) is 2. The molecule has 3 N–H and O–H groups in total. The maximum Gasteiger partial charge on any atom is 0.294 e. The Labute approximate surface area is 110 Å². The van der Waals surface area contributed by atoms with Gasteiger partial charge in [-0.25, -0.2) is 4.98 Å². The molecule has 6 heteroatoms. The van der Waals surface area contributed by atoms with Crippen LogP contribution in [0.1, 0.15) is 18.8 Å². The highest BCUT2D eigenvalue weighted by Gasteiger charge is 2.14. The van der Waals surface area contributed by atoms with E-state index in [1.165, 1.54) is 0 Å². The number of hydrogen-bond acceptors (Lipinski definition) is 4. The number of halogens is 1. The summed E-state index contributed by atoms with van der Waals surface area (Å²) in [6.07, 6.45) is 0. The first-order valence-electron chi connectivity index (χ1n) is 5.44. The van der Waals surface area contributed by atoms with Crippen molar-refractivity contribution in [2.75, 3.05) is 0 Å². The number of furan rings is 1. The zero-order valence-electron chi connectivity index (χ0n) is 9.53. The van der Waals surface area contributed by atoms with E-state index in [4.69, 9.17) is 10.2 Å². The first kappa shape index (κ1) is 11.4. The SMILES string of the molecule is C[C@@H](N)c1nc2c(oc3ccc(Br)cc32)c(=O)[nH]1. The molecule has 0 amide bonds. The Hall–Kier alpha value is -1.66. The third-order valence-corrected chi connectivity index (χ3v) is 3.23. The smallest absolute Gasteiger partial charge is 0.294 e. The summed E-state index contributed by atoms with van der Waals surface area (Å²) in [5.74, 6) is 0.454. The maximum atomic E-state index is 11.9. The van der Waals surface area contributed by atoms with Crippen molar-refractivity contribution >= 4 is 38.0 Å². The van der Waals surface area contributed by atoms with E-state index in [0.29, 0.717) is 16.9 Å². The van der Waals surface area contributed by atoms with E-state index in [1.807, 2.05) is 12.1 Å². The van der Waals surface area contributed by atoms with Gasteiger partial charge in [0, 0.05) is 9.86 Å². The second kappa shape index (κ2) is 3.93. The van der Waals surface area contributed by atoms with Gasteiger partial charge in [-0.3, -0.25) is 4.79 Å². The first-order valence-corrected chi connectivity index (χ1v) is 6.23. The van der Waals surface area contributed by atoms with Crippen LogP contribution in [-0.4, -0.2) is 9.97 Å². The molecule has 0 bridgehead atoms. The van der Waals surface area contributed by atoms with Crippen LogP contribution in [0.25, 0.3) is 22.1 Å².